The number of aliphatic hydroxyl groups is 1. The lowest BCUT2D eigenvalue weighted by Crippen LogP contribution is -2.42. The maximum atomic E-state index is 9.75. The van der Waals surface area contributed by atoms with E-state index >= 15 is 0 Å². The molecule has 0 amide bonds. The van der Waals surface area contributed by atoms with Gasteiger partial charge in [0.25, 0.3) is 0 Å². The number of benzene rings is 1. The van der Waals surface area contributed by atoms with E-state index in [-0.39, 0.29) is 6.10 Å². The molecule has 3 rings (SSSR count). The Bertz CT molecular complexity index is 363. The average molecular weight is 203 g/mol. The lowest BCUT2D eigenvalue weighted by molar-refractivity contribution is 0.0361. The van der Waals surface area contributed by atoms with Gasteiger partial charge in [-0.25, -0.2) is 0 Å². The summed E-state index contributed by atoms with van der Waals surface area (Å²) < 4.78 is 0. The summed E-state index contributed by atoms with van der Waals surface area (Å²) in [5.74, 6) is 0. The van der Waals surface area contributed by atoms with Crippen LogP contribution in [0.25, 0.3) is 0 Å². The fourth-order valence-electron chi connectivity index (χ4n) is 2.94. The van der Waals surface area contributed by atoms with Gasteiger partial charge in [-0.1, -0.05) is 24.3 Å². The quantitative estimate of drug-likeness (QED) is 0.694. The molecule has 80 valence electrons. The molecule has 1 aromatic carbocycles. The van der Waals surface area contributed by atoms with Crippen LogP contribution in [0.2, 0.25) is 0 Å². The predicted molar refractivity (Wildman–Crippen MR) is 59.7 cm³/mol. The predicted octanol–water partition coefficient (Wildman–Crippen LogP) is 1.74. The molecule has 1 saturated heterocycles. The maximum absolute atomic E-state index is 9.75. The number of aliphatic hydroxyl groups excluding tert-OH is 1. The van der Waals surface area contributed by atoms with Crippen LogP contribution in [0.15, 0.2) is 24.3 Å². The Hall–Kier alpha value is -0.860. The standard InChI is InChI=1S/C13H17NO/c15-11-6-8-14-7-5-10-3-1-2-4-12(10)13(14)9-11/h1-4,11,13,15H,5-9H2/t11?,13-/m1/s1. The second-order valence-corrected chi connectivity index (χ2v) is 4.68. The number of hydrogen-bond donors (Lipinski definition) is 1. The van der Waals surface area contributed by atoms with Crippen molar-refractivity contribution >= 4 is 0 Å². The molecule has 0 aliphatic carbocycles. The zero-order valence-corrected chi connectivity index (χ0v) is 8.89. The van der Waals surface area contributed by atoms with Gasteiger partial charge < -0.3 is 5.11 Å². The van der Waals surface area contributed by atoms with Crippen LogP contribution in [0.1, 0.15) is 30.0 Å². The molecule has 1 aromatic rings. The summed E-state index contributed by atoms with van der Waals surface area (Å²) in [5, 5.41) is 9.75. The van der Waals surface area contributed by atoms with Gasteiger partial charge >= 0.3 is 0 Å². The fraction of sp³-hybridized carbons (Fsp3) is 0.538. The Morgan fingerprint density at radius 2 is 2.07 bits per heavy atom. The third kappa shape index (κ3) is 1.58. The molecule has 0 spiro atoms. The van der Waals surface area contributed by atoms with Crippen LogP contribution in [0.3, 0.4) is 0 Å². The molecule has 2 heteroatoms. The fourth-order valence-corrected chi connectivity index (χ4v) is 2.94. The SMILES string of the molecule is OC1CCN2CCc3ccccc3[C@H]2C1. The topological polar surface area (TPSA) is 23.5 Å². The number of nitrogens with zero attached hydrogens (tertiary/aromatic N) is 1. The number of hydrogen-bond acceptors (Lipinski definition) is 2. The van der Waals surface area contributed by atoms with Crippen LogP contribution < -0.4 is 0 Å². The van der Waals surface area contributed by atoms with Crippen molar-refractivity contribution in [1.82, 2.24) is 4.90 Å². The second-order valence-electron chi connectivity index (χ2n) is 4.68. The highest BCUT2D eigenvalue weighted by molar-refractivity contribution is 5.33. The summed E-state index contributed by atoms with van der Waals surface area (Å²) in [6.45, 7) is 2.22. The first-order valence-corrected chi connectivity index (χ1v) is 5.84. The van der Waals surface area contributed by atoms with E-state index in [0.717, 1.165) is 25.9 Å². The molecular weight excluding hydrogens is 186 g/mol. The number of fused-ring (bicyclic) bond motifs is 3. The van der Waals surface area contributed by atoms with Crippen molar-refractivity contribution in [3.63, 3.8) is 0 Å². The van der Waals surface area contributed by atoms with Gasteiger partial charge in [0, 0.05) is 19.1 Å². The van der Waals surface area contributed by atoms with Gasteiger partial charge in [-0.15, -0.1) is 0 Å². The smallest absolute Gasteiger partial charge is 0.0570 e. The van der Waals surface area contributed by atoms with Crippen LogP contribution >= 0.6 is 0 Å². The zero-order chi connectivity index (χ0) is 10.3. The third-order valence-electron chi connectivity index (χ3n) is 3.77. The molecule has 2 nitrogen and oxygen atoms in total. The molecule has 0 aromatic heterocycles. The summed E-state index contributed by atoms with van der Waals surface area (Å²) >= 11 is 0. The summed E-state index contributed by atoms with van der Waals surface area (Å²) in [6.07, 6.45) is 2.93. The molecular formula is C13H17NO. The Labute approximate surface area is 90.5 Å². The van der Waals surface area contributed by atoms with Crippen LogP contribution in [-0.4, -0.2) is 29.2 Å². The maximum Gasteiger partial charge on any atom is 0.0570 e. The Morgan fingerprint density at radius 3 is 3.00 bits per heavy atom. The van der Waals surface area contributed by atoms with E-state index in [0.29, 0.717) is 6.04 Å². The van der Waals surface area contributed by atoms with Crippen LogP contribution in [0.5, 0.6) is 0 Å². The molecule has 2 heterocycles. The van der Waals surface area contributed by atoms with Crippen molar-refractivity contribution in [1.29, 1.82) is 0 Å². The van der Waals surface area contributed by atoms with Crippen LogP contribution in [0, 0.1) is 0 Å². The van der Waals surface area contributed by atoms with Crippen molar-refractivity contribution in [2.75, 3.05) is 13.1 Å². The highest BCUT2D eigenvalue weighted by atomic mass is 16.3. The van der Waals surface area contributed by atoms with Crippen LogP contribution in [0.4, 0.5) is 0 Å². The molecule has 1 fully saturated rings. The largest absolute Gasteiger partial charge is 0.393 e. The van der Waals surface area contributed by atoms with Gasteiger partial charge in [-0.05, 0) is 30.4 Å². The lowest BCUT2D eigenvalue weighted by atomic mass is 9.86. The average Bonchev–Trinajstić information content (AvgIpc) is 2.29. The van der Waals surface area contributed by atoms with Crippen molar-refractivity contribution in [2.24, 2.45) is 0 Å². The summed E-state index contributed by atoms with van der Waals surface area (Å²) in [5.41, 5.74) is 2.93. The van der Waals surface area contributed by atoms with E-state index in [1.165, 1.54) is 17.5 Å². The first-order valence-electron chi connectivity index (χ1n) is 5.84. The van der Waals surface area contributed by atoms with Crippen molar-refractivity contribution in [2.45, 2.75) is 31.4 Å². The molecule has 2 aliphatic rings. The first-order chi connectivity index (χ1) is 7.34. The monoisotopic (exact) mass is 203 g/mol. The Morgan fingerprint density at radius 1 is 1.20 bits per heavy atom. The number of rotatable bonds is 0. The zero-order valence-electron chi connectivity index (χ0n) is 8.89. The van der Waals surface area contributed by atoms with Crippen LogP contribution in [-0.2, 0) is 6.42 Å². The molecule has 15 heavy (non-hydrogen) atoms. The summed E-state index contributed by atoms with van der Waals surface area (Å²) in [4.78, 5) is 2.52. The van der Waals surface area contributed by atoms with E-state index in [9.17, 15) is 5.11 Å². The molecule has 2 atom stereocenters. The van der Waals surface area contributed by atoms with Gasteiger partial charge in [0.1, 0.15) is 0 Å². The minimum Gasteiger partial charge on any atom is -0.393 e. The minimum atomic E-state index is -0.0996. The molecule has 0 bridgehead atoms. The lowest BCUT2D eigenvalue weighted by Gasteiger charge is -2.42. The summed E-state index contributed by atoms with van der Waals surface area (Å²) in [6, 6.07) is 9.16. The number of piperidine rings is 1. The molecule has 0 saturated carbocycles. The van der Waals surface area contributed by atoms with Crippen molar-refractivity contribution in [3.8, 4) is 0 Å². The molecule has 1 unspecified atom stereocenters. The second kappa shape index (κ2) is 3.62. The van der Waals surface area contributed by atoms with Gasteiger partial charge in [0.15, 0.2) is 0 Å². The van der Waals surface area contributed by atoms with Crippen molar-refractivity contribution in [3.05, 3.63) is 35.4 Å². The highest BCUT2D eigenvalue weighted by Crippen LogP contribution is 2.36. The Balaban J connectivity index is 1.96. The van der Waals surface area contributed by atoms with Gasteiger partial charge in [-0.3, -0.25) is 4.90 Å². The third-order valence-corrected chi connectivity index (χ3v) is 3.77. The Kier molecular flexibility index (Phi) is 2.26. The van der Waals surface area contributed by atoms with E-state index in [2.05, 4.69) is 29.2 Å². The highest BCUT2D eigenvalue weighted by Gasteiger charge is 2.32. The van der Waals surface area contributed by atoms with E-state index < -0.39 is 0 Å². The molecule has 0 radical (unpaired) electrons. The van der Waals surface area contributed by atoms with Crippen molar-refractivity contribution < 1.29 is 5.11 Å². The molecule has 2 aliphatic heterocycles. The molecule has 1 N–H and O–H groups in total. The summed E-state index contributed by atoms with van der Waals surface area (Å²) in [7, 11) is 0. The van der Waals surface area contributed by atoms with Gasteiger partial charge in [-0.2, -0.15) is 0 Å². The van der Waals surface area contributed by atoms with E-state index in [1.54, 1.807) is 0 Å². The van der Waals surface area contributed by atoms with E-state index in [1.807, 2.05) is 0 Å². The van der Waals surface area contributed by atoms with Gasteiger partial charge in [0.2, 0.25) is 0 Å². The minimum absolute atomic E-state index is 0.0996. The normalized spacial score (nSPS) is 30.7. The van der Waals surface area contributed by atoms with E-state index in [4.69, 9.17) is 0 Å². The van der Waals surface area contributed by atoms with Gasteiger partial charge in [0.05, 0.1) is 6.10 Å². The first kappa shape index (κ1) is 9.37.